The lowest BCUT2D eigenvalue weighted by Crippen LogP contribution is -2.40. The zero-order chi connectivity index (χ0) is 16.1. The maximum absolute atomic E-state index is 4.38. The standard InChI is InChI=1S/C16H24N6S.HI/c1-17-16(21(2)10-8-13-6-5-11-23-13)18-12-15-20-19-14-7-3-4-9-22(14)15;/h5-6,11H,3-4,7-10,12H2,1-2H3,(H,17,18);1H. The van der Waals surface area contributed by atoms with Crippen molar-refractivity contribution in [2.45, 2.75) is 38.8 Å². The maximum Gasteiger partial charge on any atom is 0.193 e. The van der Waals surface area contributed by atoms with Gasteiger partial charge in [0.25, 0.3) is 0 Å². The number of aromatic nitrogens is 3. The van der Waals surface area contributed by atoms with E-state index in [1.54, 1.807) is 11.3 Å². The van der Waals surface area contributed by atoms with Crippen molar-refractivity contribution in [1.29, 1.82) is 0 Å². The quantitative estimate of drug-likeness (QED) is 0.424. The van der Waals surface area contributed by atoms with Crippen molar-refractivity contribution in [1.82, 2.24) is 25.0 Å². The summed E-state index contributed by atoms with van der Waals surface area (Å²) in [5.74, 6) is 3.02. The lowest BCUT2D eigenvalue weighted by molar-refractivity contribution is 0.476. The van der Waals surface area contributed by atoms with E-state index in [9.17, 15) is 0 Å². The number of halogens is 1. The number of fused-ring (bicyclic) bond motifs is 1. The van der Waals surface area contributed by atoms with Gasteiger partial charge in [-0.1, -0.05) is 6.07 Å². The van der Waals surface area contributed by atoms with Crippen molar-refractivity contribution >= 4 is 41.3 Å². The maximum atomic E-state index is 4.38. The molecule has 132 valence electrons. The van der Waals surface area contributed by atoms with Gasteiger partial charge in [0.2, 0.25) is 0 Å². The van der Waals surface area contributed by atoms with Crippen LogP contribution in [-0.2, 0) is 25.9 Å². The van der Waals surface area contributed by atoms with Gasteiger partial charge in [-0.25, -0.2) is 0 Å². The molecule has 6 nitrogen and oxygen atoms in total. The molecule has 0 aliphatic carbocycles. The fourth-order valence-corrected chi connectivity index (χ4v) is 3.58. The molecule has 0 bridgehead atoms. The molecule has 0 saturated carbocycles. The van der Waals surface area contributed by atoms with Crippen molar-refractivity contribution < 1.29 is 0 Å². The Labute approximate surface area is 164 Å². The summed E-state index contributed by atoms with van der Waals surface area (Å²) >= 11 is 1.80. The number of aliphatic imine (C=N–C) groups is 1. The Kier molecular flexibility index (Phi) is 7.47. The van der Waals surface area contributed by atoms with Gasteiger partial charge in [0.15, 0.2) is 11.8 Å². The van der Waals surface area contributed by atoms with Crippen LogP contribution in [0.25, 0.3) is 0 Å². The molecule has 24 heavy (non-hydrogen) atoms. The third-order valence-electron chi connectivity index (χ3n) is 4.19. The Morgan fingerprint density at radius 3 is 3.04 bits per heavy atom. The summed E-state index contributed by atoms with van der Waals surface area (Å²) in [5.41, 5.74) is 0. The highest BCUT2D eigenvalue weighted by atomic mass is 127. The van der Waals surface area contributed by atoms with Gasteiger partial charge in [0.1, 0.15) is 5.82 Å². The summed E-state index contributed by atoms with van der Waals surface area (Å²) in [5, 5.41) is 14.2. The molecule has 0 unspecified atom stereocenters. The molecule has 2 aromatic heterocycles. The molecule has 0 aromatic carbocycles. The molecule has 3 rings (SSSR count). The normalized spacial score (nSPS) is 14.0. The summed E-state index contributed by atoms with van der Waals surface area (Å²) < 4.78 is 2.25. The first-order chi connectivity index (χ1) is 11.3. The number of thiophene rings is 1. The summed E-state index contributed by atoms with van der Waals surface area (Å²) in [4.78, 5) is 7.94. The highest BCUT2D eigenvalue weighted by Gasteiger charge is 2.16. The molecule has 8 heteroatoms. The number of guanidine groups is 1. The van der Waals surface area contributed by atoms with Gasteiger partial charge in [-0.05, 0) is 30.7 Å². The third kappa shape index (κ3) is 4.69. The van der Waals surface area contributed by atoms with Gasteiger partial charge in [0, 0.05) is 38.5 Å². The van der Waals surface area contributed by atoms with Crippen LogP contribution in [0.1, 0.15) is 29.4 Å². The van der Waals surface area contributed by atoms with Crippen LogP contribution in [0.2, 0.25) is 0 Å². The monoisotopic (exact) mass is 460 g/mol. The van der Waals surface area contributed by atoms with E-state index >= 15 is 0 Å². The molecule has 0 atom stereocenters. The van der Waals surface area contributed by atoms with Gasteiger partial charge >= 0.3 is 0 Å². The van der Waals surface area contributed by atoms with E-state index in [2.05, 4.69) is 54.5 Å². The predicted octanol–water partition coefficient (Wildman–Crippen LogP) is 2.54. The molecule has 1 aliphatic heterocycles. The van der Waals surface area contributed by atoms with E-state index in [4.69, 9.17) is 0 Å². The Morgan fingerprint density at radius 1 is 1.42 bits per heavy atom. The van der Waals surface area contributed by atoms with Gasteiger partial charge in [0.05, 0.1) is 6.54 Å². The van der Waals surface area contributed by atoms with Crippen molar-refractivity contribution in [2.75, 3.05) is 20.6 Å². The van der Waals surface area contributed by atoms with E-state index < -0.39 is 0 Å². The molecular weight excluding hydrogens is 435 g/mol. The first kappa shape index (κ1) is 19.2. The van der Waals surface area contributed by atoms with Crippen LogP contribution in [0.3, 0.4) is 0 Å². The van der Waals surface area contributed by atoms with Crippen molar-refractivity contribution in [3.63, 3.8) is 0 Å². The first-order valence-corrected chi connectivity index (χ1v) is 9.01. The Hall–Kier alpha value is -1.16. The molecule has 0 spiro atoms. The van der Waals surface area contributed by atoms with E-state index in [0.717, 1.165) is 43.5 Å². The second-order valence-electron chi connectivity index (χ2n) is 5.79. The van der Waals surface area contributed by atoms with Gasteiger partial charge in [-0.3, -0.25) is 4.99 Å². The minimum absolute atomic E-state index is 0. The molecule has 0 radical (unpaired) electrons. The van der Waals surface area contributed by atoms with Crippen LogP contribution >= 0.6 is 35.3 Å². The summed E-state index contributed by atoms with van der Waals surface area (Å²) in [6.07, 6.45) is 4.52. The lowest BCUT2D eigenvalue weighted by Gasteiger charge is -2.22. The first-order valence-electron chi connectivity index (χ1n) is 8.13. The van der Waals surface area contributed by atoms with Crippen LogP contribution in [0, 0.1) is 0 Å². The van der Waals surface area contributed by atoms with E-state index in [1.165, 1.54) is 17.7 Å². The van der Waals surface area contributed by atoms with Gasteiger partial charge in [-0.15, -0.1) is 45.5 Å². The number of likely N-dealkylation sites (N-methyl/N-ethyl adjacent to an activating group) is 1. The second kappa shape index (κ2) is 9.36. The average molecular weight is 460 g/mol. The van der Waals surface area contributed by atoms with Crippen LogP contribution in [0.5, 0.6) is 0 Å². The molecule has 3 heterocycles. The number of aryl methyl sites for hydroxylation is 1. The third-order valence-corrected chi connectivity index (χ3v) is 5.12. The number of hydrogen-bond acceptors (Lipinski definition) is 4. The zero-order valence-corrected chi connectivity index (χ0v) is 17.4. The molecule has 1 aliphatic rings. The number of rotatable bonds is 5. The fraction of sp³-hybridized carbons (Fsp3) is 0.562. The Balaban J connectivity index is 0.00000208. The van der Waals surface area contributed by atoms with Crippen LogP contribution < -0.4 is 5.32 Å². The molecule has 2 aromatic rings. The SMILES string of the molecule is CN=C(NCc1nnc2n1CCCC2)N(C)CCc1cccs1.I. The van der Waals surface area contributed by atoms with E-state index in [1.807, 2.05) is 7.05 Å². The molecule has 0 amide bonds. The summed E-state index contributed by atoms with van der Waals surface area (Å²) in [7, 11) is 3.89. The second-order valence-corrected chi connectivity index (χ2v) is 6.83. The van der Waals surface area contributed by atoms with Crippen molar-refractivity contribution in [3.8, 4) is 0 Å². The highest BCUT2D eigenvalue weighted by molar-refractivity contribution is 14.0. The Bertz CT molecular complexity index is 652. The van der Waals surface area contributed by atoms with Gasteiger partial charge < -0.3 is 14.8 Å². The molecular formula is C16H25IN6S. The smallest absolute Gasteiger partial charge is 0.193 e. The summed E-state index contributed by atoms with van der Waals surface area (Å²) in [6.45, 7) is 2.65. The summed E-state index contributed by atoms with van der Waals surface area (Å²) in [6, 6.07) is 4.28. The van der Waals surface area contributed by atoms with Crippen molar-refractivity contribution in [2.24, 2.45) is 4.99 Å². The van der Waals surface area contributed by atoms with Crippen LogP contribution in [0.4, 0.5) is 0 Å². The number of nitrogens with zero attached hydrogens (tertiary/aromatic N) is 5. The van der Waals surface area contributed by atoms with Crippen molar-refractivity contribution in [3.05, 3.63) is 34.0 Å². The molecule has 1 N–H and O–H groups in total. The number of nitrogens with one attached hydrogen (secondary N) is 1. The van der Waals surface area contributed by atoms with E-state index in [0.29, 0.717) is 6.54 Å². The van der Waals surface area contributed by atoms with Crippen LogP contribution in [0.15, 0.2) is 22.5 Å². The predicted molar refractivity (Wildman–Crippen MR) is 109 cm³/mol. The number of hydrogen-bond donors (Lipinski definition) is 1. The largest absolute Gasteiger partial charge is 0.349 e. The fourth-order valence-electron chi connectivity index (χ4n) is 2.88. The minimum Gasteiger partial charge on any atom is -0.349 e. The van der Waals surface area contributed by atoms with Crippen LogP contribution in [-0.4, -0.2) is 46.3 Å². The molecule has 0 fully saturated rings. The average Bonchev–Trinajstić information content (AvgIpc) is 3.23. The topological polar surface area (TPSA) is 58.3 Å². The zero-order valence-electron chi connectivity index (χ0n) is 14.2. The van der Waals surface area contributed by atoms with Gasteiger partial charge in [-0.2, -0.15) is 0 Å². The lowest BCUT2D eigenvalue weighted by atomic mass is 10.2. The molecule has 0 saturated heterocycles. The highest BCUT2D eigenvalue weighted by Crippen LogP contribution is 2.14. The minimum atomic E-state index is 0. The van der Waals surface area contributed by atoms with E-state index in [-0.39, 0.29) is 24.0 Å². The Morgan fingerprint density at radius 2 is 2.29 bits per heavy atom.